The van der Waals surface area contributed by atoms with Crippen LogP contribution in [0.2, 0.25) is 0 Å². The molecule has 0 aliphatic heterocycles. The first-order valence-electron chi connectivity index (χ1n) is 5.02. The Morgan fingerprint density at radius 3 is 2.24 bits per heavy atom. The van der Waals surface area contributed by atoms with Gasteiger partial charge in [-0.2, -0.15) is 0 Å². The van der Waals surface area contributed by atoms with Crippen LogP contribution in [0, 0.1) is 0 Å². The maximum Gasteiger partial charge on any atom is 0.267 e. The van der Waals surface area contributed by atoms with Crippen LogP contribution in [0.25, 0.3) is 0 Å². The number of halogens is 2. The van der Waals surface area contributed by atoms with Crippen LogP contribution >= 0.6 is 0 Å². The number of hydrogen-bond acceptors (Lipinski definition) is 3. The zero-order chi connectivity index (χ0) is 13.0. The lowest BCUT2D eigenvalue weighted by atomic mass is 10.0. The minimum absolute atomic E-state index is 0.0594. The molecule has 0 unspecified atom stereocenters. The van der Waals surface area contributed by atoms with Crippen LogP contribution in [-0.2, 0) is 11.2 Å². The highest BCUT2D eigenvalue weighted by atomic mass is 19.3. The van der Waals surface area contributed by atoms with Crippen molar-refractivity contribution in [1.82, 2.24) is 0 Å². The second-order valence-electron chi connectivity index (χ2n) is 3.59. The van der Waals surface area contributed by atoms with Gasteiger partial charge in [0, 0.05) is 18.1 Å². The van der Waals surface area contributed by atoms with E-state index in [1.807, 2.05) is 0 Å². The van der Waals surface area contributed by atoms with Crippen molar-refractivity contribution in [1.29, 1.82) is 0 Å². The van der Waals surface area contributed by atoms with E-state index in [1.54, 1.807) is 0 Å². The van der Waals surface area contributed by atoms with Gasteiger partial charge >= 0.3 is 0 Å². The smallest absolute Gasteiger partial charge is 0.267 e. The predicted octanol–water partition coefficient (Wildman–Crippen LogP) is 2.77. The Kier molecular flexibility index (Phi) is 4.43. The molecule has 94 valence electrons. The summed E-state index contributed by atoms with van der Waals surface area (Å²) >= 11 is 0. The molecule has 0 atom stereocenters. The van der Waals surface area contributed by atoms with Crippen LogP contribution in [0.3, 0.4) is 0 Å². The summed E-state index contributed by atoms with van der Waals surface area (Å²) in [6, 6.07) is 2.63. The first-order valence-corrected chi connectivity index (χ1v) is 5.02. The number of hydrogen-bond donors (Lipinski definition) is 0. The standard InChI is InChI=1S/C12H14F2O3/c1-7(15)4-8-5-9(12(13)14)11(17-3)6-10(8)16-2/h5-6,12H,4H2,1-3H3. The van der Waals surface area contributed by atoms with Gasteiger partial charge in [-0.15, -0.1) is 0 Å². The van der Waals surface area contributed by atoms with Crippen molar-refractivity contribution in [2.75, 3.05) is 14.2 Å². The summed E-state index contributed by atoms with van der Waals surface area (Å²) in [6.45, 7) is 1.39. The van der Waals surface area contributed by atoms with Crippen molar-refractivity contribution in [3.8, 4) is 11.5 Å². The average molecular weight is 244 g/mol. The molecule has 0 aliphatic carbocycles. The van der Waals surface area contributed by atoms with E-state index in [2.05, 4.69) is 0 Å². The first kappa shape index (κ1) is 13.4. The summed E-state index contributed by atoms with van der Waals surface area (Å²) in [5.41, 5.74) is 0.209. The van der Waals surface area contributed by atoms with Crippen molar-refractivity contribution in [3.05, 3.63) is 23.3 Å². The lowest BCUT2D eigenvalue weighted by Gasteiger charge is -2.13. The third kappa shape index (κ3) is 3.15. The Labute approximate surface area is 98.3 Å². The van der Waals surface area contributed by atoms with Crippen LogP contribution in [-0.4, -0.2) is 20.0 Å². The van der Waals surface area contributed by atoms with Gasteiger partial charge in [-0.05, 0) is 13.0 Å². The Bertz CT molecular complexity index is 416. The number of methoxy groups -OCH3 is 2. The van der Waals surface area contributed by atoms with Crippen LogP contribution in [0.15, 0.2) is 12.1 Å². The van der Waals surface area contributed by atoms with Crippen molar-refractivity contribution < 1.29 is 23.0 Å². The predicted molar refractivity (Wildman–Crippen MR) is 58.9 cm³/mol. The highest BCUT2D eigenvalue weighted by Gasteiger charge is 2.18. The Balaban J connectivity index is 3.28. The zero-order valence-corrected chi connectivity index (χ0v) is 9.92. The lowest BCUT2D eigenvalue weighted by Crippen LogP contribution is -2.03. The molecule has 0 N–H and O–H groups in total. The number of rotatable bonds is 5. The SMILES string of the molecule is COc1cc(OC)c(C(F)F)cc1CC(C)=O. The van der Waals surface area contributed by atoms with Crippen LogP contribution in [0.1, 0.15) is 24.5 Å². The molecule has 5 heteroatoms. The summed E-state index contributed by atoms with van der Waals surface area (Å²) in [4.78, 5) is 11.0. The van der Waals surface area contributed by atoms with Crippen LogP contribution in [0.5, 0.6) is 11.5 Å². The maximum absolute atomic E-state index is 12.8. The van der Waals surface area contributed by atoms with Gasteiger partial charge in [-0.25, -0.2) is 8.78 Å². The first-order chi connectivity index (χ1) is 7.99. The largest absolute Gasteiger partial charge is 0.496 e. The van der Waals surface area contributed by atoms with E-state index in [4.69, 9.17) is 9.47 Å². The van der Waals surface area contributed by atoms with Crippen molar-refractivity contribution in [2.24, 2.45) is 0 Å². The average Bonchev–Trinajstić information content (AvgIpc) is 2.27. The molecule has 1 aromatic carbocycles. The molecule has 0 radical (unpaired) electrons. The van der Waals surface area contributed by atoms with Crippen LogP contribution in [0.4, 0.5) is 8.78 Å². The van der Waals surface area contributed by atoms with E-state index < -0.39 is 6.43 Å². The maximum atomic E-state index is 12.8. The number of ketones is 1. The molecule has 1 rings (SSSR count). The highest BCUT2D eigenvalue weighted by molar-refractivity contribution is 5.79. The van der Waals surface area contributed by atoms with E-state index in [0.717, 1.165) is 0 Å². The fraction of sp³-hybridized carbons (Fsp3) is 0.417. The fourth-order valence-electron chi connectivity index (χ4n) is 1.57. The Morgan fingerprint density at radius 2 is 1.82 bits per heavy atom. The van der Waals surface area contributed by atoms with Gasteiger partial charge < -0.3 is 9.47 Å². The van der Waals surface area contributed by atoms with Crippen molar-refractivity contribution >= 4 is 5.78 Å². The minimum Gasteiger partial charge on any atom is -0.496 e. The molecular weight excluding hydrogens is 230 g/mol. The molecule has 0 fully saturated rings. The molecule has 0 spiro atoms. The molecule has 0 bridgehead atoms. The summed E-state index contributed by atoms with van der Waals surface area (Å²) in [5, 5.41) is 0. The van der Waals surface area contributed by atoms with Gasteiger partial charge in [0.25, 0.3) is 6.43 Å². The minimum atomic E-state index is -2.65. The highest BCUT2D eigenvalue weighted by Crippen LogP contribution is 2.35. The number of carbonyl (C=O) groups is 1. The van der Waals surface area contributed by atoms with Gasteiger partial charge in [0.2, 0.25) is 0 Å². The van der Waals surface area contributed by atoms with Crippen LogP contribution < -0.4 is 9.47 Å². The van der Waals surface area contributed by atoms with E-state index >= 15 is 0 Å². The van der Waals surface area contributed by atoms with E-state index in [1.165, 1.54) is 33.3 Å². The van der Waals surface area contributed by atoms with Gasteiger partial charge in [0.1, 0.15) is 17.3 Å². The summed E-state index contributed by atoms with van der Waals surface area (Å²) in [6.07, 6.45) is -2.59. The number of alkyl halides is 2. The van der Waals surface area contributed by atoms with Crippen molar-refractivity contribution in [3.63, 3.8) is 0 Å². The molecule has 3 nitrogen and oxygen atoms in total. The van der Waals surface area contributed by atoms with Gasteiger partial charge in [0.15, 0.2) is 0 Å². The summed E-state index contributed by atoms with van der Waals surface area (Å²) in [7, 11) is 2.73. The zero-order valence-electron chi connectivity index (χ0n) is 9.92. The quantitative estimate of drug-likeness (QED) is 0.799. The third-order valence-electron chi connectivity index (χ3n) is 2.31. The second-order valence-corrected chi connectivity index (χ2v) is 3.59. The molecule has 0 saturated carbocycles. The number of benzene rings is 1. The Hall–Kier alpha value is -1.65. The topological polar surface area (TPSA) is 35.5 Å². The van der Waals surface area contributed by atoms with E-state index in [9.17, 15) is 13.6 Å². The molecule has 0 amide bonds. The van der Waals surface area contributed by atoms with E-state index in [0.29, 0.717) is 11.3 Å². The molecule has 17 heavy (non-hydrogen) atoms. The summed E-state index contributed by atoms with van der Waals surface area (Å²) in [5.74, 6) is 0.319. The number of Topliss-reactive ketones (excluding diaryl/α,β-unsaturated/α-hetero) is 1. The molecule has 0 heterocycles. The van der Waals surface area contributed by atoms with Gasteiger partial charge in [0.05, 0.1) is 19.8 Å². The van der Waals surface area contributed by atoms with Gasteiger partial charge in [-0.1, -0.05) is 0 Å². The third-order valence-corrected chi connectivity index (χ3v) is 2.31. The molecule has 0 saturated heterocycles. The second kappa shape index (κ2) is 5.61. The Morgan fingerprint density at radius 1 is 1.24 bits per heavy atom. The van der Waals surface area contributed by atoms with Crippen molar-refractivity contribution in [2.45, 2.75) is 19.8 Å². The van der Waals surface area contributed by atoms with Gasteiger partial charge in [-0.3, -0.25) is 4.79 Å². The summed E-state index contributed by atoms with van der Waals surface area (Å²) < 4.78 is 35.4. The molecule has 0 aromatic heterocycles. The molecule has 0 aliphatic rings. The number of carbonyl (C=O) groups excluding carboxylic acids is 1. The normalized spacial score (nSPS) is 10.5. The molecular formula is C12H14F2O3. The number of ether oxygens (including phenoxy) is 2. The fourth-order valence-corrected chi connectivity index (χ4v) is 1.57. The monoisotopic (exact) mass is 244 g/mol. The molecule has 1 aromatic rings. The lowest BCUT2D eigenvalue weighted by molar-refractivity contribution is -0.116. The van der Waals surface area contributed by atoms with E-state index in [-0.39, 0.29) is 23.5 Å².